The number of carbonyl (C=O) groups excluding carboxylic acids is 2. The van der Waals surface area contributed by atoms with E-state index < -0.39 is 0 Å². The Morgan fingerprint density at radius 2 is 1.65 bits per heavy atom. The zero-order chi connectivity index (χ0) is 18.1. The molecule has 0 radical (unpaired) electrons. The van der Waals surface area contributed by atoms with Crippen LogP contribution in [0.25, 0.3) is 11.1 Å². The van der Waals surface area contributed by atoms with Crippen LogP contribution in [0.2, 0.25) is 0 Å². The second-order valence-corrected chi connectivity index (χ2v) is 7.42. The molecule has 3 saturated heterocycles. The summed E-state index contributed by atoms with van der Waals surface area (Å²) in [7, 11) is 1.87. The summed E-state index contributed by atoms with van der Waals surface area (Å²) in [6.45, 7) is 1.24. The number of likely N-dealkylation sites (N-methyl/N-ethyl adjacent to an activating group) is 1. The van der Waals surface area contributed by atoms with Gasteiger partial charge in [0.2, 0.25) is 11.8 Å². The van der Waals surface area contributed by atoms with Crippen molar-refractivity contribution in [3.63, 3.8) is 0 Å². The number of fused-ring (bicyclic) bond motifs is 4. The number of nitrogens with zero attached hydrogens (tertiary/aromatic N) is 2. The Bertz CT molecular complexity index is 801. The van der Waals surface area contributed by atoms with Gasteiger partial charge in [0.05, 0.1) is 12.3 Å². The van der Waals surface area contributed by atoms with Crippen LogP contribution in [0.5, 0.6) is 0 Å². The topological polar surface area (TPSA) is 40.6 Å². The maximum atomic E-state index is 12.8. The van der Waals surface area contributed by atoms with Gasteiger partial charge in [-0.1, -0.05) is 54.6 Å². The highest BCUT2D eigenvalue weighted by molar-refractivity contribution is 5.84. The Labute approximate surface area is 154 Å². The minimum atomic E-state index is -0.0249. The van der Waals surface area contributed by atoms with Crippen LogP contribution in [0, 0.1) is 5.92 Å². The van der Waals surface area contributed by atoms with Crippen LogP contribution in [0.15, 0.2) is 54.6 Å². The first kappa shape index (κ1) is 16.8. The number of amides is 2. The van der Waals surface area contributed by atoms with E-state index in [1.165, 1.54) is 5.56 Å². The molecule has 3 fully saturated rings. The molecule has 2 aromatic carbocycles. The van der Waals surface area contributed by atoms with E-state index in [4.69, 9.17) is 0 Å². The second kappa shape index (κ2) is 6.94. The van der Waals surface area contributed by atoms with Crippen LogP contribution in [-0.2, 0) is 16.0 Å². The molecule has 0 spiro atoms. The normalized spacial score (nSPS) is 22.4. The number of rotatable bonds is 3. The minimum Gasteiger partial charge on any atom is -0.341 e. The van der Waals surface area contributed by atoms with Crippen LogP contribution in [0.4, 0.5) is 0 Å². The van der Waals surface area contributed by atoms with Gasteiger partial charge in [-0.3, -0.25) is 9.59 Å². The zero-order valence-corrected chi connectivity index (χ0v) is 15.1. The van der Waals surface area contributed by atoms with Crippen LogP contribution in [0.1, 0.15) is 18.4 Å². The smallest absolute Gasteiger partial charge is 0.227 e. The quantitative estimate of drug-likeness (QED) is 0.856. The highest BCUT2D eigenvalue weighted by atomic mass is 16.2. The lowest BCUT2D eigenvalue weighted by molar-refractivity contribution is -0.138. The Morgan fingerprint density at radius 3 is 2.38 bits per heavy atom. The van der Waals surface area contributed by atoms with Gasteiger partial charge in [0.25, 0.3) is 0 Å². The van der Waals surface area contributed by atoms with E-state index in [0.29, 0.717) is 19.5 Å². The predicted molar refractivity (Wildman–Crippen MR) is 101 cm³/mol. The average Bonchev–Trinajstić information content (AvgIpc) is 2.96. The molecule has 3 aliphatic rings. The van der Waals surface area contributed by atoms with Crippen molar-refractivity contribution in [3.8, 4) is 11.1 Å². The fourth-order valence-electron chi connectivity index (χ4n) is 4.09. The summed E-state index contributed by atoms with van der Waals surface area (Å²) in [5.41, 5.74) is 3.35. The summed E-state index contributed by atoms with van der Waals surface area (Å²) in [4.78, 5) is 28.8. The van der Waals surface area contributed by atoms with Gasteiger partial charge in [-0.2, -0.15) is 0 Å². The second-order valence-electron chi connectivity index (χ2n) is 7.42. The maximum absolute atomic E-state index is 12.8. The molecule has 0 unspecified atom stereocenters. The summed E-state index contributed by atoms with van der Waals surface area (Å²) in [5, 5.41) is 0. The molecular weight excluding hydrogens is 324 g/mol. The molecule has 5 rings (SSSR count). The van der Waals surface area contributed by atoms with Gasteiger partial charge < -0.3 is 9.80 Å². The molecule has 2 atom stereocenters. The first-order valence-electron chi connectivity index (χ1n) is 9.30. The van der Waals surface area contributed by atoms with Crippen LogP contribution < -0.4 is 0 Å². The molecule has 2 aromatic rings. The molecule has 2 amide bonds. The molecule has 4 heteroatoms. The van der Waals surface area contributed by atoms with Crippen molar-refractivity contribution in [2.75, 3.05) is 20.1 Å². The third kappa shape index (κ3) is 3.24. The molecule has 0 N–H and O–H groups in total. The molecule has 134 valence electrons. The van der Waals surface area contributed by atoms with E-state index in [0.717, 1.165) is 24.0 Å². The number of benzene rings is 2. The first-order chi connectivity index (χ1) is 12.6. The molecule has 4 nitrogen and oxygen atoms in total. The number of piperidine rings is 1. The molecule has 0 saturated carbocycles. The lowest BCUT2D eigenvalue weighted by Gasteiger charge is -2.32. The van der Waals surface area contributed by atoms with E-state index in [1.54, 1.807) is 0 Å². The Hall–Kier alpha value is -2.62. The average molecular weight is 348 g/mol. The Balaban J connectivity index is 1.44. The van der Waals surface area contributed by atoms with Crippen LogP contribution in [-0.4, -0.2) is 47.8 Å². The molecule has 2 bridgehead atoms. The van der Waals surface area contributed by atoms with Gasteiger partial charge in [-0.15, -0.1) is 0 Å². The van der Waals surface area contributed by atoms with Gasteiger partial charge in [0.1, 0.15) is 0 Å². The van der Waals surface area contributed by atoms with Gasteiger partial charge in [0, 0.05) is 26.2 Å². The lowest BCUT2D eigenvalue weighted by Crippen LogP contribution is -2.45. The first-order valence-corrected chi connectivity index (χ1v) is 9.30. The lowest BCUT2D eigenvalue weighted by atomic mass is 9.95. The molecular formula is C22H24N2O2. The van der Waals surface area contributed by atoms with Crippen molar-refractivity contribution in [1.82, 2.24) is 9.80 Å². The van der Waals surface area contributed by atoms with Crippen molar-refractivity contribution >= 4 is 11.8 Å². The highest BCUT2D eigenvalue weighted by Gasteiger charge is 2.39. The SMILES string of the molecule is CN1C(=O)[C@H]2CC[C@@H]1CN(C(=O)Cc1ccc(-c3ccccc3)cc1)C2. The third-order valence-corrected chi connectivity index (χ3v) is 5.73. The van der Waals surface area contributed by atoms with E-state index in [-0.39, 0.29) is 23.8 Å². The summed E-state index contributed by atoms with van der Waals surface area (Å²) in [5.74, 6) is 0.296. The summed E-state index contributed by atoms with van der Waals surface area (Å²) in [6, 6.07) is 18.6. The fraction of sp³-hybridized carbons (Fsp3) is 0.364. The zero-order valence-electron chi connectivity index (χ0n) is 15.1. The number of hydrogen-bond acceptors (Lipinski definition) is 2. The third-order valence-electron chi connectivity index (χ3n) is 5.73. The van der Waals surface area contributed by atoms with Crippen LogP contribution in [0.3, 0.4) is 0 Å². The van der Waals surface area contributed by atoms with Crippen molar-refractivity contribution in [2.24, 2.45) is 5.92 Å². The number of carbonyl (C=O) groups is 2. The summed E-state index contributed by atoms with van der Waals surface area (Å²) >= 11 is 0. The molecule has 0 aliphatic carbocycles. The van der Waals surface area contributed by atoms with Crippen molar-refractivity contribution in [1.29, 1.82) is 0 Å². The van der Waals surface area contributed by atoms with Crippen molar-refractivity contribution in [2.45, 2.75) is 25.3 Å². The van der Waals surface area contributed by atoms with Crippen molar-refractivity contribution < 1.29 is 9.59 Å². The van der Waals surface area contributed by atoms with Crippen LogP contribution >= 0.6 is 0 Å². The van der Waals surface area contributed by atoms with Gasteiger partial charge in [0.15, 0.2) is 0 Å². The van der Waals surface area contributed by atoms with E-state index in [9.17, 15) is 9.59 Å². The standard InChI is InChI=1S/C22H24N2O2/c1-23-20-12-11-19(22(23)26)14-24(15-20)21(25)13-16-7-9-18(10-8-16)17-5-3-2-4-6-17/h2-10,19-20H,11-15H2,1H3/t19-,20+/m0/s1. The Morgan fingerprint density at radius 1 is 0.962 bits per heavy atom. The largest absolute Gasteiger partial charge is 0.341 e. The molecule has 3 aliphatic heterocycles. The minimum absolute atomic E-state index is 0.0249. The monoisotopic (exact) mass is 348 g/mol. The number of hydrogen-bond donors (Lipinski definition) is 0. The van der Waals surface area contributed by atoms with E-state index >= 15 is 0 Å². The van der Waals surface area contributed by atoms with E-state index in [1.807, 2.05) is 47.2 Å². The Kier molecular flexibility index (Phi) is 4.49. The summed E-state index contributed by atoms with van der Waals surface area (Å²) < 4.78 is 0. The molecule has 3 heterocycles. The maximum Gasteiger partial charge on any atom is 0.227 e. The predicted octanol–water partition coefficient (Wildman–Crippen LogP) is 2.98. The molecule has 26 heavy (non-hydrogen) atoms. The van der Waals surface area contributed by atoms with Gasteiger partial charge >= 0.3 is 0 Å². The van der Waals surface area contributed by atoms with Gasteiger partial charge in [-0.05, 0) is 29.5 Å². The molecule has 0 aromatic heterocycles. The van der Waals surface area contributed by atoms with E-state index in [2.05, 4.69) is 24.3 Å². The van der Waals surface area contributed by atoms with Gasteiger partial charge in [-0.25, -0.2) is 0 Å². The van der Waals surface area contributed by atoms with Crippen molar-refractivity contribution in [3.05, 3.63) is 60.2 Å². The summed E-state index contributed by atoms with van der Waals surface area (Å²) in [6.07, 6.45) is 2.30. The fourth-order valence-corrected chi connectivity index (χ4v) is 4.09. The highest BCUT2D eigenvalue weighted by Crippen LogP contribution is 2.28.